The number of nitrogens with zero attached hydrogens (tertiary/aromatic N) is 3. The molecule has 1 unspecified atom stereocenters. The first kappa shape index (κ1) is 23.0. The van der Waals surface area contributed by atoms with Gasteiger partial charge in [-0.3, -0.25) is 9.36 Å². The van der Waals surface area contributed by atoms with Crippen molar-refractivity contribution in [2.24, 2.45) is 0 Å². The van der Waals surface area contributed by atoms with Crippen LogP contribution in [0.25, 0.3) is 16.6 Å². The van der Waals surface area contributed by atoms with Crippen LogP contribution in [-0.2, 0) is 6.18 Å². The predicted octanol–water partition coefficient (Wildman–Crippen LogP) is 5.57. The number of pyridine rings is 2. The van der Waals surface area contributed by atoms with Gasteiger partial charge in [0.15, 0.2) is 11.6 Å². The average Bonchev–Trinajstić information content (AvgIpc) is 2.98. The van der Waals surface area contributed by atoms with Crippen LogP contribution in [0.5, 0.6) is 5.75 Å². The van der Waals surface area contributed by atoms with Gasteiger partial charge in [0.25, 0.3) is 5.56 Å². The molecule has 34 heavy (non-hydrogen) atoms. The van der Waals surface area contributed by atoms with Gasteiger partial charge >= 0.3 is 6.18 Å². The Hall–Kier alpha value is -2.72. The minimum atomic E-state index is -5.05. The maximum Gasteiger partial charge on any atom is 0.431 e. The number of aromatic nitrogens is 2. The summed E-state index contributed by atoms with van der Waals surface area (Å²) in [6, 6.07) is 1.82. The van der Waals surface area contributed by atoms with E-state index in [2.05, 4.69) is 4.98 Å². The molecule has 6 nitrogen and oxygen atoms in total. The van der Waals surface area contributed by atoms with Crippen molar-refractivity contribution in [3.63, 3.8) is 0 Å². The summed E-state index contributed by atoms with van der Waals surface area (Å²) in [7, 11) is 0. The molecule has 12 heteroatoms. The molecule has 2 aliphatic rings. The predicted molar refractivity (Wildman–Crippen MR) is 122 cm³/mol. The van der Waals surface area contributed by atoms with Crippen molar-refractivity contribution >= 4 is 45.5 Å². The lowest BCUT2D eigenvalue weighted by molar-refractivity contribution is -0.142. The molecule has 4 heterocycles. The molecule has 1 atom stereocenters. The highest BCUT2D eigenvalue weighted by molar-refractivity contribution is 6.37. The Bertz CT molecular complexity index is 1350. The maximum atomic E-state index is 15.0. The SMILES string of the molecule is Nc1c(Cl)cc(Cl)c(F)c1-n1c(C(F)(F)F)cc2c3c(cnc2c1=O)OCCC1CCCCN31. The number of ether oxygens (including phenoxy) is 1. The van der Waals surface area contributed by atoms with E-state index in [-0.39, 0.29) is 26.5 Å². The van der Waals surface area contributed by atoms with Crippen molar-refractivity contribution in [1.82, 2.24) is 9.55 Å². The Morgan fingerprint density at radius 1 is 1.12 bits per heavy atom. The molecule has 0 spiro atoms. The third-order valence-electron chi connectivity index (χ3n) is 6.30. The largest absolute Gasteiger partial charge is 0.490 e. The number of fused-ring (bicyclic) bond motifs is 5. The summed E-state index contributed by atoms with van der Waals surface area (Å²) in [5, 5.41) is -0.887. The maximum absolute atomic E-state index is 15.0. The number of piperidine rings is 1. The zero-order chi connectivity index (χ0) is 24.4. The van der Waals surface area contributed by atoms with Crippen molar-refractivity contribution in [3.05, 3.63) is 50.2 Å². The van der Waals surface area contributed by atoms with E-state index in [0.29, 0.717) is 31.0 Å². The summed E-state index contributed by atoms with van der Waals surface area (Å²) < 4.78 is 63.8. The van der Waals surface area contributed by atoms with E-state index >= 15 is 0 Å². The van der Waals surface area contributed by atoms with Crippen molar-refractivity contribution < 1.29 is 22.3 Å². The summed E-state index contributed by atoms with van der Waals surface area (Å²) in [6.45, 7) is 0.989. The van der Waals surface area contributed by atoms with Crippen LogP contribution in [0, 0.1) is 5.82 Å². The second-order valence-electron chi connectivity index (χ2n) is 8.30. The molecule has 180 valence electrons. The Balaban J connectivity index is 1.90. The molecule has 0 radical (unpaired) electrons. The highest BCUT2D eigenvalue weighted by Gasteiger charge is 2.39. The van der Waals surface area contributed by atoms with Crippen LogP contribution in [0.3, 0.4) is 0 Å². The molecule has 2 aliphatic heterocycles. The van der Waals surface area contributed by atoms with E-state index < -0.39 is 39.6 Å². The van der Waals surface area contributed by atoms with Gasteiger partial charge in [0.2, 0.25) is 0 Å². The zero-order valence-corrected chi connectivity index (χ0v) is 19.1. The number of benzene rings is 1. The second-order valence-corrected chi connectivity index (χ2v) is 9.11. The summed E-state index contributed by atoms with van der Waals surface area (Å²) in [6.07, 6.45) is -0.324. The number of rotatable bonds is 1. The molecule has 0 aliphatic carbocycles. The molecule has 2 aromatic heterocycles. The normalized spacial score (nSPS) is 18.3. The molecule has 0 saturated carbocycles. The zero-order valence-electron chi connectivity index (χ0n) is 17.6. The minimum absolute atomic E-state index is 0.0213. The summed E-state index contributed by atoms with van der Waals surface area (Å²) in [4.78, 5) is 19.6. The molecule has 3 aromatic rings. The molecule has 5 rings (SSSR count). The van der Waals surface area contributed by atoms with Crippen LogP contribution < -0.4 is 20.9 Å². The quantitative estimate of drug-likeness (QED) is 0.260. The molecule has 1 saturated heterocycles. The third-order valence-corrected chi connectivity index (χ3v) is 6.89. The minimum Gasteiger partial charge on any atom is -0.490 e. The van der Waals surface area contributed by atoms with Gasteiger partial charge in [-0.25, -0.2) is 9.37 Å². The van der Waals surface area contributed by atoms with Crippen molar-refractivity contribution in [2.75, 3.05) is 23.8 Å². The summed E-state index contributed by atoms with van der Waals surface area (Å²) in [5.41, 5.74) is 1.88. The fourth-order valence-corrected chi connectivity index (χ4v) is 5.22. The first-order valence-corrected chi connectivity index (χ1v) is 11.3. The standard InChI is InChI=1S/C22H18Cl2F4N4O2/c23-12-8-13(24)17(29)20(16(12)25)32-15(22(26,27)28)7-11-18(21(32)33)30-9-14-19(11)31-5-2-1-3-10(31)4-6-34-14/h7-10H,1-6,29H2. The highest BCUT2D eigenvalue weighted by atomic mass is 35.5. The van der Waals surface area contributed by atoms with Gasteiger partial charge in [-0.2, -0.15) is 13.2 Å². The topological polar surface area (TPSA) is 73.4 Å². The van der Waals surface area contributed by atoms with Crippen LogP contribution in [-0.4, -0.2) is 28.7 Å². The summed E-state index contributed by atoms with van der Waals surface area (Å²) >= 11 is 11.8. The fourth-order valence-electron chi connectivity index (χ4n) is 4.77. The lowest BCUT2D eigenvalue weighted by atomic mass is 9.98. The summed E-state index contributed by atoms with van der Waals surface area (Å²) in [5.74, 6) is -0.997. The van der Waals surface area contributed by atoms with Crippen molar-refractivity contribution in [2.45, 2.75) is 37.9 Å². The van der Waals surface area contributed by atoms with Gasteiger partial charge in [0, 0.05) is 24.4 Å². The monoisotopic (exact) mass is 516 g/mol. The molecular formula is C22H18Cl2F4N4O2. The smallest absolute Gasteiger partial charge is 0.431 e. The average molecular weight is 517 g/mol. The van der Waals surface area contributed by atoms with Gasteiger partial charge in [-0.05, 0) is 31.4 Å². The number of nitrogen functional groups attached to an aromatic ring is 1. The highest BCUT2D eigenvalue weighted by Crippen LogP contribution is 2.43. The van der Waals surface area contributed by atoms with Crippen LogP contribution >= 0.6 is 23.2 Å². The Labute approximate surface area is 200 Å². The third kappa shape index (κ3) is 3.54. The molecule has 2 N–H and O–H groups in total. The van der Waals surface area contributed by atoms with Gasteiger partial charge in [0.1, 0.15) is 16.9 Å². The molecule has 0 amide bonds. The van der Waals surface area contributed by atoms with Crippen molar-refractivity contribution in [1.29, 1.82) is 0 Å². The van der Waals surface area contributed by atoms with E-state index in [1.54, 1.807) is 0 Å². The Morgan fingerprint density at radius 3 is 2.62 bits per heavy atom. The van der Waals surface area contributed by atoms with E-state index in [9.17, 15) is 22.4 Å². The van der Waals surface area contributed by atoms with Gasteiger partial charge in [-0.15, -0.1) is 0 Å². The van der Waals surface area contributed by atoms with Crippen molar-refractivity contribution in [3.8, 4) is 11.4 Å². The molecule has 1 fully saturated rings. The van der Waals surface area contributed by atoms with Crippen LogP contribution in [0.2, 0.25) is 10.0 Å². The Morgan fingerprint density at radius 2 is 1.88 bits per heavy atom. The molecular weight excluding hydrogens is 499 g/mol. The first-order chi connectivity index (χ1) is 16.1. The molecule has 0 bridgehead atoms. The number of hydrogen-bond acceptors (Lipinski definition) is 5. The second kappa shape index (κ2) is 8.20. The van der Waals surface area contributed by atoms with Gasteiger partial charge < -0.3 is 15.4 Å². The lowest BCUT2D eigenvalue weighted by Crippen LogP contribution is -2.39. The lowest BCUT2D eigenvalue weighted by Gasteiger charge is -2.36. The van der Waals surface area contributed by atoms with Gasteiger partial charge in [-0.1, -0.05) is 23.2 Å². The van der Waals surface area contributed by atoms with Crippen LogP contribution in [0.1, 0.15) is 31.4 Å². The van der Waals surface area contributed by atoms with E-state index in [1.807, 2.05) is 4.90 Å². The number of alkyl halides is 3. The first-order valence-electron chi connectivity index (χ1n) is 10.6. The number of hydrogen-bond donors (Lipinski definition) is 1. The van der Waals surface area contributed by atoms with E-state index in [0.717, 1.165) is 31.4 Å². The number of halogens is 6. The van der Waals surface area contributed by atoms with Gasteiger partial charge in [0.05, 0.1) is 34.2 Å². The molecule has 1 aromatic carbocycles. The number of anilines is 2. The number of nitrogens with two attached hydrogens (primary N) is 1. The Kier molecular flexibility index (Phi) is 5.55. The fraction of sp³-hybridized carbons (Fsp3) is 0.364. The van der Waals surface area contributed by atoms with E-state index in [1.165, 1.54) is 6.20 Å². The van der Waals surface area contributed by atoms with Crippen LogP contribution in [0.4, 0.5) is 28.9 Å². The van der Waals surface area contributed by atoms with Crippen LogP contribution in [0.15, 0.2) is 23.1 Å². The van der Waals surface area contributed by atoms with E-state index in [4.69, 9.17) is 33.7 Å².